The van der Waals surface area contributed by atoms with Crippen LogP contribution in [-0.2, 0) is 18.6 Å². The molecular formula is C16H20F3N5. The molecule has 0 atom stereocenters. The van der Waals surface area contributed by atoms with E-state index in [1.54, 1.807) is 0 Å². The summed E-state index contributed by atoms with van der Waals surface area (Å²) in [5.74, 6) is 0.278. The minimum atomic E-state index is -4.35. The molecule has 0 aliphatic heterocycles. The van der Waals surface area contributed by atoms with Crippen LogP contribution in [0.15, 0.2) is 30.3 Å². The van der Waals surface area contributed by atoms with Gasteiger partial charge in [-0.2, -0.15) is 18.0 Å². The molecular weight excluding hydrogens is 319 g/mol. The van der Waals surface area contributed by atoms with Gasteiger partial charge in [0.15, 0.2) is 12.4 Å². The maximum absolute atomic E-state index is 12.4. The molecule has 1 fully saturated rings. The molecule has 0 spiro atoms. The van der Waals surface area contributed by atoms with Gasteiger partial charge in [0.2, 0.25) is 0 Å². The van der Waals surface area contributed by atoms with Crippen LogP contribution in [0.5, 0.6) is 0 Å². The standard InChI is InChI=1S/C16H20F3N5/c17-16(18,19)12-24-22-14(21-23-24)11-20-15(9-5-2-6-10-15)13-7-3-1-4-8-13/h1,3-4,7-8,20H,2,5-6,9-12H2. The lowest BCUT2D eigenvalue weighted by Gasteiger charge is -2.38. The highest BCUT2D eigenvalue weighted by Gasteiger charge is 2.34. The number of hydrogen-bond donors (Lipinski definition) is 1. The van der Waals surface area contributed by atoms with Crippen molar-refractivity contribution in [3.63, 3.8) is 0 Å². The highest BCUT2D eigenvalue weighted by molar-refractivity contribution is 5.25. The van der Waals surface area contributed by atoms with E-state index in [1.165, 1.54) is 12.0 Å². The van der Waals surface area contributed by atoms with Gasteiger partial charge in [0.05, 0.1) is 6.54 Å². The Morgan fingerprint density at radius 1 is 1.08 bits per heavy atom. The third kappa shape index (κ3) is 4.11. The fourth-order valence-electron chi connectivity index (χ4n) is 3.30. The lowest BCUT2D eigenvalue weighted by Crippen LogP contribution is -2.43. The average molecular weight is 339 g/mol. The zero-order valence-electron chi connectivity index (χ0n) is 13.3. The number of rotatable bonds is 5. The number of halogens is 3. The van der Waals surface area contributed by atoms with E-state index < -0.39 is 12.7 Å². The van der Waals surface area contributed by atoms with Gasteiger partial charge in [0.25, 0.3) is 0 Å². The van der Waals surface area contributed by atoms with Gasteiger partial charge in [-0.15, -0.1) is 10.2 Å². The van der Waals surface area contributed by atoms with E-state index in [1.807, 2.05) is 18.2 Å². The Hall–Kier alpha value is -1.96. The molecule has 1 aliphatic carbocycles. The Labute approximate surface area is 138 Å². The summed E-state index contributed by atoms with van der Waals surface area (Å²) in [7, 11) is 0. The second kappa shape index (κ2) is 6.88. The lowest BCUT2D eigenvalue weighted by molar-refractivity contribution is -0.145. The van der Waals surface area contributed by atoms with E-state index >= 15 is 0 Å². The van der Waals surface area contributed by atoms with Crippen LogP contribution in [0.1, 0.15) is 43.5 Å². The van der Waals surface area contributed by atoms with Crippen molar-refractivity contribution in [2.24, 2.45) is 0 Å². The number of tetrazole rings is 1. The molecule has 130 valence electrons. The van der Waals surface area contributed by atoms with E-state index in [-0.39, 0.29) is 11.4 Å². The fourth-order valence-corrected chi connectivity index (χ4v) is 3.30. The fraction of sp³-hybridized carbons (Fsp3) is 0.562. The summed E-state index contributed by atoms with van der Waals surface area (Å²) in [5.41, 5.74) is 1.03. The van der Waals surface area contributed by atoms with Crippen molar-refractivity contribution in [3.05, 3.63) is 41.7 Å². The van der Waals surface area contributed by atoms with Gasteiger partial charge in [-0.3, -0.25) is 0 Å². The summed E-state index contributed by atoms with van der Waals surface area (Å²) in [5, 5.41) is 14.5. The van der Waals surface area contributed by atoms with Crippen molar-refractivity contribution < 1.29 is 13.2 Å². The Balaban J connectivity index is 1.70. The molecule has 0 bridgehead atoms. The summed E-state index contributed by atoms with van der Waals surface area (Å²) in [6, 6.07) is 10.2. The molecule has 1 saturated carbocycles. The minimum Gasteiger partial charge on any atom is -0.300 e. The number of nitrogens with one attached hydrogen (secondary N) is 1. The number of nitrogens with zero attached hydrogens (tertiary/aromatic N) is 4. The molecule has 2 aromatic rings. The van der Waals surface area contributed by atoms with Gasteiger partial charge >= 0.3 is 6.18 Å². The largest absolute Gasteiger partial charge is 0.409 e. The molecule has 8 heteroatoms. The first-order chi connectivity index (χ1) is 11.5. The Morgan fingerprint density at radius 2 is 1.79 bits per heavy atom. The highest BCUT2D eigenvalue weighted by atomic mass is 19.4. The number of aromatic nitrogens is 4. The van der Waals surface area contributed by atoms with Crippen molar-refractivity contribution in [1.29, 1.82) is 0 Å². The van der Waals surface area contributed by atoms with Crippen LogP contribution in [-0.4, -0.2) is 26.4 Å². The third-order valence-electron chi connectivity index (χ3n) is 4.43. The van der Waals surface area contributed by atoms with Gasteiger partial charge < -0.3 is 5.32 Å². The molecule has 1 aliphatic rings. The molecule has 0 radical (unpaired) electrons. The van der Waals surface area contributed by atoms with Gasteiger partial charge in [-0.1, -0.05) is 49.6 Å². The summed E-state index contributed by atoms with van der Waals surface area (Å²) in [4.78, 5) is 0.590. The van der Waals surface area contributed by atoms with E-state index in [4.69, 9.17) is 0 Å². The van der Waals surface area contributed by atoms with Gasteiger partial charge in [0, 0.05) is 5.54 Å². The van der Waals surface area contributed by atoms with Crippen molar-refractivity contribution in [2.75, 3.05) is 0 Å². The molecule has 0 saturated heterocycles. The summed E-state index contributed by atoms with van der Waals surface area (Å²) >= 11 is 0. The SMILES string of the molecule is FC(F)(F)Cn1nnc(CNC2(c3ccccc3)CCCCC2)n1. The van der Waals surface area contributed by atoms with Gasteiger partial charge in [-0.25, -0.2) is 0 Å². The van der Waals surface area contributed by atoms with E-state index in [0.29, 0.717) is 11.3 Å². The highest BCUT2D eigenvalue weighted by Crippen LogP contribution is 2.37. The lowest BCUT2D eigenvalue weighted by atomic mass is 9.76. The molecule has 1 heterocycles. The second-order valence-corrected chi connectivity index (χ2v) is 6.21. The zero-order valence-corrected chi connectivity index (χ0v) is 13.3. The quantitative estimate of drug-likeness (QED) is 0.909. The molecule has 0 unspecified atom stereocenters. The molecule has 1 N–H and O–H groups in total. The first-order valence-corrected chi connectivity index (χ1v) is 8.11. The Bertz CT molecular complexity index is 647. The van der Waals surface area contributed by atoms with Gasteiger partial charge in [-0.05, 0) is 23.6 Å². The summed E-state index contributed by atoms with van der Waals surface area (Å²) in [6.07, 6.45) is 1.09. The van der Waals surface area contributed by atoms with Crippen molar-refractivity contribution >= 4 is 0 Å². The number of benzene rings is 1. The van der Waals surface area contributed by atoms with Crippen LogP contribution in [0, 0.1) is 0 Å². The predicted molar refractivity (Wildman–Crippen MR) is 81.9 cm³/mol. The van der Waals surface area contributed by atoms with Crippen LogP contribution >= 0.6 is 0 Å². The predicted octanol–water partition coefficient (Wildman–Crippen LogP) is 3.18. The third-order valence-corrected chi connectivity index (χ3v) is 4.43. The van der Waals surface area contributed by atoms with Crippen LogP contribution in [0.3, 0.4) is 0 Å². The molecule has 24 heavy (non-hydrogen) atoms. The maximum Gasteiger partial charge on any atom is 0.409 e. The van der Waals surface area contributed by atoms with Gasteiger partial charge in [0.1, 0.15) is 0 Å². The van der Waals surface area contributed by atoms with Crippen molar-refractivity contribution in [3.8, 4) is 0 Å². The molecule has 5 nitrogen and oxygen atoms in total. The van der Waals surface area contributed by atoms with E-state index in [0.717, 1.165) is 25.7 Å². The Kier molecular flexibility index (Phi) is 4.84. The Morgan fingerprint density at radius 3 is 2.46 bits per heavy atom. The van der Waals surface area contributed by atoms with Crippen LogP contribution in [0.2, 0.25) is 0 Å². The normalized spacial score (nSPS) is 17.8. The van der Waals surface area contributed by atoms with Crippen LogP contribution in [0.4, 0.5) is 13.2 Å². The minimum absolute atomic E-state index is 0.172. The number of alkyl halides is 3. The average Bonchev–Trinajstić information content (AvgIpc) is 3.00. The topological polar surface area (TPSA) is 55.6 Å². The summed E-state index contributed by atoms with van der Waals surface area (Å²) in [6.45, 7) is -0.920. The number of hydrogen-bond acceptors (Lipinski definition) is 4. The monoisotopic (exact) mass is 339 g/mol. The van der Waals surface area contributed by atoms with Crippen molar-refractivity contribution in [2.45, 2.75) is 56.9 Å². The van der Waals surface area contributed by atoms with E-state index in [2.05, 4.69) is 32.9 Å². The smallest absolute Gasteiger partial charge is 0.300 e. The first kappa shape index (κ1) is 16.9. The van der Waals surface area contributed by atoms with Crippen molar-refractivity contribution in [1.82, 2.24) is 25.5 Å². The second-order valence-electron chi connectivity index (χ2n) is 6.21. The van der Waals surface area contributed by atoms with E-state index in [9.17, 15) is 13.2 Å². The zero-order chi connectivity index (χ0) is 17.0. The summed E-state index contributed by atoms with van der Waals surface area (Å²) < 4.78 is 37.1. The molecule has 0 amide bonds. The molecule has 1 aromatic heterocycles. The van der Waals surface area contributed by atoms with Crippen LogP contribution < -0.4 is 5.32 Å². The maximum atomic E-state index is 12.4. The molecule has 3 rings (SSSR count). The molecule has 1 aromatic carbocycles. The van der Waals surface area contributed by atoms with Crippen LogP contribution in [0.25, 0.3) is 0 Å². The first-order valence-electron chi connectivity index (χ1n) is 8.11.